The van der Waals surface area contributed by atoms with Gasteiger partial charge in [-0.25, -0.2) is 4.57 Å². The van der Waals surface area contributed by atoms with Crippen LogP contribution in [0.4, 0.5) is 5.13 Å². The Balaban J connectivity index is 0.000000431. The maximum atomic E-state index is 8.60. The Labute approximate surface area is 171 Å². The Morgan fingerprint density at radius 3 is 2.38 bits per heavy atom. The predicted molar refractivity (Wildman–Crippen MR) is 98.2 cm³/mol. The van der Waals surface area contributed by atoms with Crippen LogP contribution in [-0.4, -0.2) is 9.23 Å². The van der Waals surface area contributed by atoms with Crippen molar-refractivity contribution in [2.75, 3.05) is 0 Å². The second-order valence-corrected chi connectivity index (χ2v) is 7.71. The van der Waals surface area contributed by atoms with E-state index in [0.29, 0.717) is 0 Å². The Hall–Kier alpha value is -2.73. The summed E-state index contributed by atoms with van der Waals surface area (Å²) in [5.74, 6) is 0. The molecule has 29 heavy (non-hydrogen) atoms. The molecule has 4 rings (SSSR count). The van der Waals surface area contributed by atoms with Crippen molar-refractivity contribution in [3.05, 3.63) is 66.2 Å². The van der Waals surface area contributed by atoms with Gasteiger partial charge in [0.25, 0.3) is 0 Å². The molecule has 0 atom stereocenters. The molecule has 0 saturated carbocycles. The van der Waals surface area contributed by atoms with Gasteiger partial charge in [0.2, 0.25) is 0 Å². The van der Waals surface area contributed by atoms with E-state index in [2.05, 4.69) is 39.7 Å². The second-order valence-electron chi connectivity index (χ2n) is 5.91. The van der Waals surface area contributed by atoms with Gasteiger partial charge in [-0.15, -0.1) is 0 Å². The fourth-order valence-corrected chi connectivity index (χ4v) is 3.68. The highest BCUT2D eigenvalue weighted by Crippen LogP contribution is 2.25. The van der Waals surface area contributed by atoms with Crippen LogP contribution < -0.4 is 24.0 Å². The molecule has 2 heterocycles. The van der Waals surface area contributed by atoms with Crippen molar-refractivity contribution in [3.63, 3.8) is 0 Å². The minimum absolute atomic E-state index is 0.765. The first-order valence-corrected chi connectivity index (χ1v) is 10.3. The van der Waals surface area contributed by atoms with Crippen molar-refractivity contribution in [2.24, 2.45) is 29.5 Å². The van der Waals surface area contributed by atoms with Gasteiger partial charge >= 0.3 is 5.13 Å². The molecule has 0 radical (unpaired) electrons. The molecule has 11 heteroatoms. The zero-order valence-electron chi connectivity index (χ0n) is 15.5. The maximum Gasteiger partial charge on any atom is 0.411 e. The number of hydrogen-bond acceptors (Lipinski definition) is 7. The number of thiazole rings is 1. The van der Waals surface area contributed by atoms with Crippen molar-refractivity contribution >= 4 is 37.6 Å². The van der Waals surface area contributed by atoms with Crippen LogP contribution in [0.2, 0.25) is 0 Å². The molecule has 1 N–H and O–H groups in total. The number of fused-ring (bicyclic) bond motifs is 2. The number of para-hydroxylation sites is 2. The lowest BCUT2D eigenvalue weighted by molar-refractivity contribution is -1.92. The highest BCUT2D eigenvalue weighted by molar-refractivity contribution is 7.21. The largest absolute Gasteiger partial charge is 0.411 e. The third-order valence-electron chi connectivity index (χ3n) is 4.05. The molecule has 0 aliphatic rings. The molecular weight excluding hydrogens is 418 g/mol. The van der Waals surface area contributed by atoms with Gasteiger partial charge in [0.15, 0.2) is 5.49 Å². The average Bonchev–Trinajstić information content (AvgIpc) is 2.99. The Kier molecular flexibility index (Phi) is 6.33. The van der Waals surface area contributed by atoms with Crippen LogP contribution >= 0.6 is 11.3 Å². The van der Waals surface area contributed by atoms with E-state index >= 15 is 0 Å². The minimum Gasteiger partial charge on any atom is -0.327 e. The van der Waals surface area contributed by atoms with Crippen molar-refractivity contribution in [2.45, 2.75) is 0 Å². The summed E-state index contributed by atoms with van der Waals surface area (Å²) in [6, 6.07) is 20.4. The molecule has 2 aromatic heterocycles. The third-order valence-corrected chi connectivity index (χ3v) is 5.15. The monoisotopic (exact) mass is 434 g/mol. The summed E-state index contributed by atoms with van der Waals surface area (Å²) in [6.07, 6.45) is 0. The molecule has 0 aliphatic carbocycles. The summed E-state index contributed by atoms with van der Waals surface area (Å²) < 4.78 is 37.9. The summed E-state index contributed by atoms with van der Waals surface area (Å²) in [6.45, 7) is 0. The normalized spacial score (nSPS) is 12.6. The van der Waals surface area contributed by atoms with Crippen molar-refractivity contribution in [1.29, 1.82) is 0 Å². The summed E-state index contributed by atoms with van der Waals surface area (Å²) in [5, 5.41) is 14.6. The van der Waals surface area contributed by atoms with E-state index in [9.17, 15) is 0 Å². The van der Waals surface area contributed by atoms with Crippen molar-refractivity contribution in [3.8, 4) is 0 Å². The van der Waals surface area contributed by atoms with E-state index in [-0.39, 0.29) is 0 Å². The quantitative estimate of drug-likeness (QED) is 0.263. The van der Waals surface area contributed by atoms with E-state index in [1.807, 2.05) is 59.6 Å². The van der Waals surface area contributed by atoms with Gasteiger partial charge < -0.3 is 4.57 Å². The van der Waals surface area contributed by atoms with Gasteiger partial charge in [-0.3, -0.25) is 0 Å². The first-order chi connectivity index (χ1) is 13.7. The number of aryl methyl sites for hydroxylation is 2. The summed E-state index contributed by atoms with van der Waals surface area (Å²) in [5.41, 5.74) is 3.02. The van der Waals surface area contributed by atoms with Crippen LogP contribution in [0.15, 0.2) is 76.1 Å². The molecule has 0 spiro atoms. The fraction of sp³-hybridized carbons (Fsp3) is 0.111. The van der Waals surface area contributed by atoms with E-state index in [4.69, 9.17) is 18.6 Å². The van der Waals surface area contributed by atoms with Crippen LogP contribution in [0.1, 0.15) is 0 Å². The standard InChI is InChI=1S/C18H16N5S.ClHO4/c1-22-14-8-4-3-7-13(14)11-12-17(22)19-21-20-18-23(2)15-9-5-6-10-16(15)24-18;2-1(3,4)5/h3-12H,1-2H3;(H,2,3,4,5)/q+1;. The molecular formula is C18H17ClN5O4S+. The number of benzene rings is 2. The third kappa shape index (κ3) is 5.41. The van der Waals surface area contributed by atoms with Crippen molar-refractivity contribution < 1.29 is 33.4 Å². The molecule has 0 amide bonds. The van der Waals surface area contributed by atoms with Gasteiger partial charge in [0.05, 0.1) is 31.9 Å². The molecule has 2 aromatic carbocycles. The SMILES string of the molecule is Cn1/c(=N/N=Nc2sc3ccccc3[n+]2C)ccc2ccccc21.[O-][Cl+3]([O-])([O-])O. The number of aromatic nitrogens is 2. The summed E-state index contributed by atoms with van der Waals surface area (Å²) >= 11 is 1.60. The van der Waals surface area contributed by atoms with Crippen LogP contribution in [0.5, 0.6) is 0 Å². The number of rotatable bonds is 2. The first-order valence-electron chi connectivity index (χ1n) is 8.24. The lowest BCUT2D eigenvalue weighted by Gasteiger charge is -2.04. The first kappa shape index (κ1) is 21.0. The van der Waals surface area contributed by atoms with Gasteiger partial charge in [0, 0.05) is 12.6 Å². The van der Waals surface area contributed by atoms with E-state index < -0.39 is 10.2 Å². The number of halogens is 1. The smallest absolute Gasteiger partial charge is 0.327 e. The molecule has 0 saturated heterocycles. The predicted octanol–water partition coefficient (Wildman–Crippen LogP) is -0.307. The molecule has 150 valence electrons. The van der Waals surface area contributed by atoms with Crippen LogP contribution in [-0.2, 0) is 14.1 Å². The highest BCUT2D eigenvalue weighted by Gasteiger charge is 2.14. The van der Waals surface area contributed by atoms with E-state index in [1.54, 1.807) is 11.3 Å². The summed E-state index contributed by atoms with van der Waals surface area (Å²) in [7, 11) is -0.723. The van der Waals surface area contributed by atoms with Gasteiger partial charge in [0.1, 0.15) is 10.6 Å². The molecule has 0 fully saturated rings. The lowest BCUT2D eigenvalue weighted by atomic mass is 10.2. The van der Waals surface area contributed by atoms with E-state index in [1.165, 1.54) is 10.1 Å². The Morgan fingerprint density at radius 2 is 1.66 bits per heavy atom. The summed E-state index contributed by atoms with van der Waals surface area (Å²) in [4.78, 5) is 0. The topological polar surface area (TPSA) is 135 Å². The zero-order chi connectivity index (χ0) is 21.0. The minimum atomic E-state index is -4.69. The van der Waals surface area contributed by atoms with Gasteiger partial charge in [-0.05, 0) is 47.1 Å². The Morgan fingerprint density at radius 1 is 1.00 bits per heavy atom. The average molecular weight is 435 g/mol. The van der Waals surface area contributed by atoms with Crippen LogP contribution in [0.25, 0.3) is 21.1 Å². The highest BCUT2D eigenvalue weighted by atomic mass is 35.7. The lowest BCUT2D eigenvalue weighted by Crippen LogP contribution is -2.58. The van der Waals surface area contributed by atoms with Crippen LogP contribution in [0, 0.1) is 10.2 Å². The fourth-order valence-electron chi connectivity index (χ4n) is 2.72. The number of pyridine rings is 1. The Bertz CT molecular complexity index is 1240. The molecule has 0 bridgehead atoms. The molecule has 0 aliphatic heterocycles. The molecule has 9 nitrogen and oxygen atoms in total. The van der Waals surface area contributed by atoms with Gasteiger partial charge in [-0.2, -0.15) is 14.0 Å². The number of hydrogen-bond donors (Lipinski definition) is 1. The zero-order valence-corrected chi connectivity index (χ0v) is 17.0. The second kappa shape index (κ2) is 8.74. The van der Waals surface area contributed by atoms with Crippen LogP contribution in [0.3, 0.4) is 0 Å². The van der Waals surface area contributed by atoms with Gasteiger partial charge in [-0.1, -0.05) is 35.4 Å². The van der Waals surface area contributed by atoms with E-state index in [0.717, 1.165) is 21.7 Å². The molecule has 4 aromatic rings. The van der Waals surface area contributed by atoms with Crippen molar-refractivity contribution in [1.82, 2.24) is 4.57 Å². The number of nitrogens with zero attached hydrogens (tertiary/aromatic N) is 5. The molecule has 0 unspecified atom stereocenters. The maximum absolute atomic E-state index is 8.60.